The van der Waals surface area contributed by atoms with Crippen molar-refractivity contribution in [2.45, 2.75) is 12.5 Å². The summed E-state index contributed by atoms with van der Waals surface area (Å²) in [6.45, 7) is 1.11. The lowest BCUT2D eigenvalue weighted by Gasteiger charge is -2.28. The van der Waals surface area contributed by atoms with Crippen molar-refractivity contribution in [2.75, 3.05) is 32.1 Å². The van der Waals surface area contributed by atoms with E-state index < -0.39 is 9.84 Å². The summed E-state index contributed by atoms with van der Waals surface area (Å²) in [5.41, 5.74) is 6.82. The van der Waals surface area contributed by atoms with Crippen LogP contribution in [0, 0.1) is 0 Å². The molecule has 1 unspecified atom stereocenters. The molecule has 1 aromatic rings. The standard InChI is InChI=1S/C13H22N2O2S/c1-15(10-11-18(2,16)17)13(8-9-14)12-6-4-3-5-7-12/h3-7,13H,8-11,14H2,1-2H3. The van der Waals surface area contributed by atoms with Crippen molar-refractivity contribution >= 4 is 9.84 Å². The van der Waals surface area contributed by atoms with Crippen LogP contribution in [-0.2, 0) is 9.84 Å². The molecule has 1 aromatic carbocycles. The molecular weight excluding hydrogens is 248 g/mol. The maximum atomic E-state index is 11.2. The highest BCUT2D eigenvalue weighted by atomic mass is 32.2. The van der Waals surface area contributed by atoms with E-state index in [-0.39, 0.29) is 11.8 Å². The summed E-state index contributed by atoms with van der Waals surface area (Å²) in [5, 5.41) is 0. The average molecular weight is 270 g/mol. The molecule has 1 rings (SSSR count). The van der Waals surface area contributed by atoms with Crippen LogP contribution in [0.1, 0.15) is 18.0 Å². The second kappa shape index (κ2) is 6.87. The van der Waals surface area contributed by atoms with Gasteiger partial charge >= 0.3 is 0 Å². The maximum absolute atomic E-state index is 11.2. The molecule has 0 amide bonds. The Hall–Kier alpha value is -0.910. The van der Waals surface area contributed by atoms with Crippen LogP contribution in [0.2, 0.25) is 0 Å². The Bertz CT molecular complexity index is 445. The Morgan fingerprint density at radius 3 is 2.39 bits per heavy atom. The summed E-state index contributed by atoms with van der Waals surface area (Å²) in [4.78, 5) is 2.06. The third-order valence-corrected chi connectivity index (χ3v) is 3.90. The van der Waals surface area contributed by atoms with Crippen molar-refractivity contribution in [3.63, 3.8) is 0 Å². The van der Waals surface area contributed by atoms with Gasteiger partial charge in [0.2, 0.25) is 0 Å². The predicted molar refractivity (Wildman–Crippen MR) is 75.2 cm³/mol. The van der Waals surface area contributed by atoms with Crippen molar-refractivity contribution in [1.29, 1.82) is 0 Å². The van der Waals surface area contributed by atoms with Gasteiger partial charge in [0.25, 0.3) is 0 Å². The van der Waals surface area contributed by atoms with E-state index in [2.05, 4.69) is 17.0 Å². The van der Waals surface area contributed by atoms with E-state index in [4.69, 9.17) is 5.73 Å². The first-order valence-electron chi connectivity index (χ1n) is 6.07. The molecule has 4 nitrogen and oxygen atoms in total. The van der Waals surface area contributed by atoms with Crippen LogP contribution < -0.4 is 5.73 Å². The molecule has 1 atom stereocenters. The number of nitrogens with zero attached hydrogens (tertiary/aromatic N) is 1. The molecule has 0 saturated heterocycles. The van der Waals surface area contributed by atoms with E-state index in [1.165, 1.54) is 11.8 Å². The SMILES string of the molecule is CN(CCS(C)(=O)=O)C(CCN)c1ccccc1. The molecule has 0 heterocycles. The highest BCUT2D eigenvalue weighted by molar-refractivity contribution is 7.90. The fraction of sp³-hybridized carbons (Fsp3) is 0.538. The second-order valence-electron chi connectivity index (χ2n) is 4.61. The highest BCUT2D eigenvalue weighted by Crippen LogP contribution is 2.22. The third-order valence-electron chi connectivity index (χ3n) is 2.97. The third kappa shape index (κ3) is 5.16. The molecule has 0 aromatic heterocycles. The quantitative estimate of drug-likeness (QED) is 0.804. The summed E-state index contributed by atoms with van der Waals surface area (Å²) in [7, 11) is -0.980. The van der Waals surface area contributed by atoms with Crippen LogP contribution in [0.3, 0.4) is 0 Å². The van der Waals surface area contributed by atoms with Crippen molar-refractivity contribution in [3.05, 3.63) is 35.9 Å². The van der Waals surface area contributed by atoms with Crippen LogP contribution in [0.4, 0.5) is 0 Å². The molecule has 0 saturated carbocycles. The minimum absolute atomic E-state index is 0.178. The van der Waals surface area contributed by atoms with Gasteiger partial charge in [-0.3, -0.25) is 4.90 Å². The van der Waals surface area contributed by atoms with Crippen molar-refractivity contribution in [1.82, 2.24) is 4.90 Å². The number of sulfone groups is 1. The van der Waals surface area contributed by atoms with Crippen molar-refractivity contribution in [3.8, 4) is 0 Å². The maximum Gasteiger partial charge on any atom is 0.148 e. The number of hydrogen-bond donors (Lipinski definition) is 1. The van der Waals surface area contributed by atoms with Crippen molar-refractivity contribution < 1.29 is 8.42 Å². The molecule has 0 bridgehead atoms. The smallest absolute Gasteiger partial charge is 0.148 e. The molecule has 0 aliphatic carbocycles. The minimum atomic E-state index is -2.92. The van der Waals surface area contributed by atoms with Gasteiger partial charge in [0.05, 0.1) is 5.75 Å². The zero-order valence-electron chi connectivity index (χ0n) is 11.0. The van der Waals surface area contributed by atoms with Crippen LogP contribution >= 0.6 is 0 Å². The Morgan fingerprint density at radius 1 is 1.28 bits per heavy atom. The monoisotopic (exact) mass is 270 g/mol. The molecule has 0 radical (unpaired) electrons. The first kappa shape index (κ1) is 15.1. The molecule has 102 valence electrons. The van der Waals surface area contributed by atoms with Crippen molar-refractivity contribution in [2.24, 2.45) is 5.73 Å². The predicted octanol–water partition coefficient (Wildman–Crippen LogP) is 1.05. The number of rotatable bonds is 7. The van der Waals surface area contributed by atoms with E-state index in [1.807, 2.05) is 25.2 Å². The number of hydrogen-bond acceptors (Lipinski definition) is 4. The molecule has 0 aliphatic heterocycles. The van der Waals surface area contributed by atoms with Gasteiger partial charge in [-0.1, -0.05) is 30.3 Å². The van der Waals surface area contributed by atoms with Crippen LogP contribution in [-0.4, -0.2) is 45.5 Å². The number of nitrogens with two attached hydrogens (primary N) is 1. The Morgan fingerprint density at radius 2 is 1.89 bits per heavy atom. The zero-order valence-corrected chi connectivity index (χ0v) is 11.9. The molecule has 2 N–H and O–H groups in total. The lowest BCUT2D eigenvalue weighted by Crippen LogP contribution is -2.31. The fourth-order valence-electron chi connectivity index (χ4n) is 1.94. The Kier molecular flexibility index (Phi) is 5.78. The second-order valence-corrected chi connectivity index (χ2v) is 6.87. The average Bonchev–Trinajstić information content (AvgIpc) is 2.33. The van der Waals surface area contributed by atoms with Crippen LogP contribution in [0.15, 0.2) is 30.3 Å². The van der Waals surface area contributed by atoms with E-state index >= 15 is 0 Å². The van der Waals surface area contributed by atoms with Gasteiger partial charge in [-0.25, -0.2) is 8.42 Å². The first-order chi connectivity index (χ1) is 8.44. The summed E-state index contributed by atoms with van der Waals surface area (Å²) < 4.78 is 22.4. The summed E-state index contributed by atoms with van der Waals surface area (Å²) in [5.74, 6) is 0.178. The van der Waals surface area contributed by atoms with Gasteiger partial charge in [0.15, 0.2) is 0 Å². The van der Waals surface area contributed by atoms with Gasteiger partial charge in [-0.15, -0.1) is 0 Å². The van der Waals surface area contributed by atoms with Crippen LogP contribution in [0.5, 0.6) is 0 Å². The van der Waals surface area contributed by atoms with Gasteiger partial charge < -0.3 is 5.73 Å². The van der Waals surface area contributed by atoms with E-state index in [9.17, 15) is 8.42 Å². The lowest BCUT2D eigenvalue weighted by atomic mass is 10.0. The Balaban J connectivity index is 2.73. The molecule has 18 heavy (non-hydrogen) atoms. The topological polar surface area (TPSA) is 63.4 Å². The molecule has 5 heteroatoms. The summed E-state index contributed by atoms with van der Waals surface area (Å²) >= 11 is 0. The zero-order chi connectivity index (χ0) is 13.6. The first-order valence-corrected chi connectivity index (χ1v) is 8.13. The summed E-state index contributed by atoms with van der Waals surface area (Å²) in [6.07, 6.45) is 2.09. The number of benzene rings is 1. The van der Waals surface area contributed by atoms with Gasteiger partial charge in [0.1, 0.15) is 9.84 Å². The highest BCUT2D eigenvalue weighted by Gasteiger charge is 2.17. The van der Waals surface area contributed by atoms with E-state index in [0.717, 1.165) is 6.42 Å². The van der Waals surface area contributed by atoms with Gasteiger partial charge in [0, 0.05) is 18.8 Å². The van der Waals surface area contributed by atoms with E-state index in [1.54, 1.807) is 0 Å². The summed E-state index contributed by atoms with van der Waals surface area (Å²) in [6, 6.07) is 10.2. The van der Waals surface area contributed by atoms with Gasteiger partial charge in [-0.2, -0.15) is 0 Å². The molecule has 0 spiro atoms. The Labute approximate surface area is 110 Å². The largest absolute Gasteiger partial charge is 0.330 e. The molecule has 0 aliphatic rings. The van der Waals surface area contributed by atoms with Crippen LogP contribution in [0.25, 0.3) is 0 Å². The lowest BCUT2D eigenvalue weighted by molar-refractivity contribution is 0.248. The molecular formula is C13H22N2O2S. The molecule has 0 fully saturated rings. The minimum Gasteiger partial charge on any atom is -0.330 e. The fourth-order valence-corrected chi connectivity index (χ4v) is 2.56. The van der Waals surface area contributed by atoms with E-state index in [0.29, 0.717) is 13.1 Å². The van der Waals surface area contributed by atoms with Gasteiger partial charge in [-0.05, 0) is 25.6 Å². The normalized spacial score (nSPS) is 13.8.